The van der Waals surface area contributed by atoms with E-state index in [0.717, 1.165) is 19.3 Å². The van der Waals surface area contributed by atoms with Gasteiger partial charge in [0.1, 0.15) is 6.17 Å². The minimum atomic E-state index is -0.0160. The molecule has 2 rings (SSSR count). The summed E-state index contributed by atoms with van der Waals surface area (Å²) in [5, 5.41) is 7.79. The van der Waals surface area contributed by atoms with Gasteiger partial charge in [-0.05, 0) is 41.1 Å². The van der Waals surface area contributed by atoms with Gasteiger partial charge in [-0.1, -0.05) is 34.1 Å². The molecule has 20 heavy (non-hydrogen) atoms. The molecule has 0 spiro atoms. The van der Waals surface area contributed by atoms with Crippen molar-refractivity contribution in [2.75, 3.05) is 0 Å². The smallest absolute Gasteiger partial charge is 0.241 e. The normalized spacial score (nSPS) is 24.6. The molecular weight excluding hydrogens is 268 g/mol. The maximum Gasteiger partial charge on any atom is 0.241 e. The topological polar surface area (TPSA) is 32.3 Å². The summed E-state index contributed by atoms with van der Waals surface area (Å²) in [5.74, 6) is 0.760. The molecule has 1 aromatic rings. The third kappa shape index (κ3) is 2.91. The molecule has 0 radical (unpaired) electrons. The van der Waals surface area contributed by atoms with E-state index in [2.05, 4.69) is 54.7 Å². The molecule has 1 aromatic heterocycles. The largest absolute Gasteiger partial charge is 0.318 e. The van der Waals surface area contributed by atoms with Crippen LogP contribution in [-0.2, 0) is 4.79 Å². The maximum absolute atomic E-state index is 12.8. The zero-order chi connectivity index (χ0) is 14.7. The molecule has 0 aromatic carbocycles. The number of thiophene rings is 1. The van der Waals surface area contributed by atoms with Crippen LogP contribution in [0.25, 0.3) is 0 Å². The van der Waals surface area contributed by atoms with Crippen molar-refractivity contribution in [1.29, 1.82) is 0 Å². The van der Waals surface area contributed by atoms with Crippen molar-refractivity contribution < 1.29 is 4.79 Å². The van der Waals surface area contributed by atoms with E-state index in [4.69, 9.17) is 0 Å². The van der Waals surface area contributed by atoms with E-state index in [1.807, 2.05) is 0 Å². The van der Waals surface area contributed by atoms with Gasteiger partial charge in [-0.2, -0.15) is 11.3 Å². The minimum absolute atomic E-state index is 0.0160. The highest BCUT2D eigenvalue weighted by atomic mass is 32.1. The summed E-state index contributed by atoms with van der Waals surface area (Å²) in [7, 11) is 0. The van der Waals surface area contributed by atoms with E-state index >= 15 is 0 Å². The first-order valence-corrected chi connectivity index (χ1v) is 8.64. The van der Waals surface area contributed by atoms with Crippen LogP contribution in [-0.4, -0.2) is 22.9 Å². The summed E-state index contributed by atoms with van der Waals surface area (Å²) in [4.78, 5) is 14.9. The number of carbonyl (C=O) groups excluding carboxylic acids is 1. The summed E-state index contributed by atoms with van der Waals surface area (Å²) >= 11 is 1.69. The summed E-state index contributed by atoms with van der Waals surface area (Å²) in [6, 6.07) is 2.42. The fourth-order valence-corrected chi connectivity index (χ4v) is 3.86. The lowest BCUT2D eigenvalue weighted by molar-refractivity contribution is -0.133. The zero-order valence-electron chi connectivity index (χ0n) is 12.9. The van der Waals surface area contributed by atoms with E-state index in [9.17, 15) is 4.79 Å². The van der Waals surface area contributed by atoms with Crippen molar-refractivity contribution in [3.8, 4) is 0 Å². The Labute approximate surface area is 126 Å². The fourth-order valence-electron chi connectivity index (χ4n) is 3.18. The molecule has 2 heterocycles. The molecule has 1 aliphatic rings. The molecular formula is C16H26N2OS. The predicted molar refractivity (Wildman–Crippen MR) is 84.7 cm³/mol. The van der Waals surface area contributed by atoms with E-state index < -0.39 is 0 Å². The van der Waals surface area contributed by atoms with Crippen molar-refractivity contribution in [3.63, 3.8) is 0 Å². The van der Waals surface area contributed by atoms with Gasteiger partial charge in [0.05, 0.1) is 6.04 Å². The number of carbonyl (C=O) groups is 1. The summed E-state index contributed by atoms with van der Waals surface area (Å²) in [6.07, 6.45) is 3.01. The van der Waals surface area contributed by atoms with E-state index in [1.165, 1.54) is 5.56 Å². The highest BCUT2D eigenvalue weighted by molar-refractivity contribution is 7.07. The average molecular weight is 294 g/mol. The van der Waals surface area contributed by atoms with Crippen molar-refractivity contribution in [1.82, 2.24) is 10.2 Å². The quantitative estimate of drug-likeness (QED) is 0.866. The Balaban J connectivity index is 2.29. The lowest BCUT2D eigenvalue weighted by Gasteiger charge is -2.34. The van der Waals surface area contributed by atoms with Crippen LogP contribution in [0.5, 0.6) is 0 Å². The van der Waals surface area contributed by atoms with Crippen molar-refractivity contribution in [2.24, 2.45) is 5.92 Å². The number of nitrogens with zero attached hydrogens (tertiary/aromatic N) is 1. The van der Waals surface area contributed by atoms with Gasteiger partial charge in [0.15, 0.2) is 0 Å². The number of rotatable bonds is 6. The molecule has 3 unspecified atom stereocenters. The van der Waals surface area contributed by atoms with Crippen LogP contribution in [0.3, 0.4) is 0 Å². The SMILES string of the molecule is CCCC1NC(c2ccsc2)N(C(CC)C(C)C)C1=O. The standard InChI is InChI=1S/C16H26N2OS/c1-5-7-13-16(19)18(14(6-2)11(3)4)15(17-13)12-8-9-20-10-12/h8-11,13-15,17H,5-7H2,1-4H3. The molecule has 1 aliphatic heterocycles. The van der Waals surface area contributed by atoms with Crippen LogP contribution in [0.2, 0.25) is 0 Å². The van der Waals surface area contributed by atoms with Crippen LogP contribution in [0.1, 0.15) is 58.7 Å². The maximum atomic E-state index is 12.8. The second-order valence-electron chi connectivity index (χ2n) is 5.93. The number of amides is 1. The molecule has 1 saturated heterocycles. The first kappa shape index (κ1) is 15.5. The van der Waals surface area contributed by atoms with Crippen molar-refractivity contribution >= 4 is 17.2 Å². The molecule has 112 valence electrons. The van der Waals surface area contributed by atoms with Crippen LogP contribution < -0.4 is 5.32 Å². The van der Waals surface area contributed by atoms with Gasteiger partial charge in [0, 0.05) is 6.04 Å². The third-order valence-electron chi connectivity index (χ3n) is 4.17. The summed E-state index contributed by atoms with van der Waals surface area (Å²) < 4.78 is 0. The first-order chi connectivity index (χ1) is 9.60. The van der Waals surface area contributed by atoms with Gasteiger partial charge in [0.2, 0.25) is 5.91 Å². The number of hydrogen-bond donors (Lipinski definition) is 1. The molecule has 1 fully saturated rings. The predicted octanol–water partition coefficient (Wildman–Crippen LogP) is 3.78. The van der Waals surface area contributed by atoms with Gasteiger partial charge in [-0.3, -0.25) is 10.1 Å². The fraction of sp³-hybridized carbons (Fsp3) is 0.688. The van der Waals surface area contributed by atoms with Crippen molar-refractivity contribution in [2.45, 2.75) is 65.2 Å². The zero-order valence-corrected chi connectivity index (χ0v) is 13.7. The Morgan fingerprint density at radius 2 is 2.15 bits per heavy atom. The van der Waals surface area contributed by atoms with Crippen molar-refractivity contribution in [3.05, 3.63) is 22.4 Å². The molecule has 0 saturated carbocycles. The Bertz CT molecular complexity index is 430. The van der Waals surface area contributed by atoms with Gasteiger partial charge < -0.3 is 4.90 Å². The van der Waals surface area contributed by atoms with E-state index in [-0.39, 0.29) is 18.1 Å². The molecule has 1 amide bonds. The lowest BCUT2D eigenvalue weighted by atomic mass is 9.98. The van der Waals surface area contributed by atoms with Gasteiger partial charge in [-0.15, -0.1) is 0 Å². The van der Waals surface area contributed by atoms with Gasteiger partial charge in [-0.25, -0.2) is 0 Å². The number of nitrogens with one attached hydrogen (secondary N) is 1. The highest BCUT2D eigenvalue weighted by Crippen LogP contribution is 2.33. The molecule has 3 nitrogen and oxygen atoms in total. The Kier molecular flexibility index (Phi) is 5.22. The Morgan fingerprint density at radius 3 is 2.65 bits per heavy atom. The third-order valence-corrected chi connectivity index (χ3v) is 4.87. The summed E-state index contributed by atoms with van der Waals surface area (Å²) in [5.41, 5.74) is 1.22. The van der Waals surface area contributed by atoms with E-state index in [0.29, 0.717) is 12.0 Å². The minimum Gasteiger partial charge on any atom is -0.318 e. The molecule has 0 bridgehead atoms. The van der Waals surface area contributed by atoms with Crippen LogP contribution in [0, 0.1) is 5.92 Å². The summed E-state index contributed by atoms with van der Waals surface area (Å²) in [6.45, 7) is 8.73. The lowest BCUT2D eigenvalue weighted by Crippen LogP contribution is -2.42. The Morgan fingerprint density at radius 1 is 1.40 bits per heavy atom. The molecule has 3 atom stereocenters. The van der Waals surface area contributed by atoms with Crippen LogP contribution in [0.4, 0.5) is 0 Å². The second kappa shape index (κ2) is 6.72. The monoisotopic (exact) mass is 294 g/mol. The molecule has 0 aliphatic carbocycles. The first-order valence-electron chi connectivity index (χ1n) is 7.70. The van der Waals surface area contributed by atoms with E-state index in [1.54, 1.807) is 11.3 Å². The highest BCUT2D eigenvalue weighted by Gasteiger charge is 2.42. The second-order valence-corrected chi connectivity index (χ2v) is 6.71. The van der Waals surface area contributed by atoms with Gasteiger partial charge in [0.25, 0.3) is 0 Å². The molecule has 4 heteroatoms. The van der Waals surface area contributed by atoms with Crippen LogP contribution in [0.15, 0.2) is 16.8 Å². The average Bonchev–Trinajstić information content (AvgIpc) is 3.02. The Hall–Kier alpha value is -0.870. The molecule has 1 N–H and O–H groups in total. The van der Waals surface area contributed by atoms with Gasteiger partial charge >= 0.3 is 0 Å². The number of hydrogen-bond acceptors (Lipinski definition) is 3. The van der Waals surface area contributed by atoms with Crippen LogP contribution >= 0.6 is 11.3 Å².